The van der Waals surface area contributed by atoms with Crippen LogP contribution in [0.15, 0.2) is 23.8 Å². The van der Waals surface area contributed by atoms with Crippen LogP contribution in [0.25, 0.3) is 0 Å². The molecule has 0 aliphatic carbocycles. The summed E-state index contributed by atoms with van der Waals surface area (Å²) in [6.07, 6.45) is 2.20. The van der Waals surface area contributed by atoms with E-state index in [0.29, 0.717) is 6.61 Å². The lowest BCUT2D eigenvalue weighted by molar-refractivity contribution is 0.0495. The van der Waals surface area contributed by atoms with Gasteiger partial charge in [0.25, 0.3) is 5.82 Å². The molecule has 0 saturated carbocycles. The molecule has 0 unspecified atom stereocenters. The van der Waals surface area contributed by atoms with Crippen LogP contribution >= 0.6 is 11.3 Å². The van der Waals surface area contributed by atoms with Crippen LogP contribution in [0.1, 0.15) is 15.5 Å². The van der Waals surface area contributed by atoms with E-state index in [1.807, 2.05) is 17.5 Å². The molecule has 6 heteroatoms. The van der Waals surface area contributed by atoms with Crippen LogP contribution in [0.3, 0.4) is 0 Å². The van der Waals surface area contributed by atoms with Crippen molar-refractivity contribution < 1.29 is 9.53 Å². The summed E-state index contributed by atoms with van der Waals surface area (Å²) in [5.41, 5.74) is 0. The van der Waals surface area contributed by atoms with Gasteiger partial charge in [0.2, 0.25) is 0 Å². The number of hydrogen-bond acceptors (Lipinski definition) is 5. The highest BCUT2D eigenvalue weighted by Gasteiger charge is 2.11. The van der Waals surface area contributed by atoms with E-state index in [4.69, 9.17) is 4.74 Å². The van der Waals surface area contributed by atoms with Crippen LogP contribution in [0, 0.1) is 0 Å². The number of rotatable bonds is 4. The second-order valence-electron chi connectivity index (χ2n) is 3.21. The number of thiophene rings is 1. The first-order valence-corrected chi connectivity index (χ1v) is 5.69. The van der Waals surface area contributed by atoms with Crippen molar-refractivity contribution in [3.05, 3.63) is 34.5 Å². The fourth-order valence-electron chi connectivity index (χ4n) is 1.20. The molecular formula is C10H11N3O2S. The van der Waals surface area contributed by atoms with Gasteiger partial charge in [0.05, 0.1) is 6.61 Å². The largest absolute Gasteiger partial charge is 0.459 e. The van der Waals surface area contributed by atoms with Gasteiger partial charge in [-0.05, 0) is 11.4 Å². The van der Waals surface area contributed by atoms with Gasteiger partial charge in [-0.2, -0.15) is 0 Å². The molecule has 2 aromatic rings. The van der Waals surface area contributed by atoms with Crippen molar-refractivity contribution >= 4 is 17.3 Å². The molecule has 0 amide bonds. The van der Waals surface area contributed by atoms with Crippen molar-refractivity contribution in [1.82, 2.24) is 14.8 Å². The molecule has 0 bridgehead atoms. The van der Waals surface area contributed by atoms with E-state index in [1.165, 1.54) is 15.9 Å². The highest BCUT2D eigenvalue weighted by molar-refractivity contribution is 7.09. The van der Waals surface area contributed by atoms with Crippen LogP contribution in [-0.2, 0) is 18.2 Å². The number of aromatic nitrogens is 3. The monoisotopic (exact) mass is 237 g/mol. The van der Waals surface area contributed by atoms with Gasteiger partial charge in [-0.1, -0.05) is 6.07 Å². The SMILES string of the molecule is Cn1cnc(C(=O)OCCc2cccs2)n1. The summed E-state index contributed by atoms with van der Waals surface area (Å²) in [7, 11) is 1.70. The minimum absolute atomic E-state index is 0.105. The predicted molar refractivity (Wildman–Crippen MR) is 59.3 cm³/mol. The Balaban J connectivity index is 1.80. The normalized spacial score (nSPS) is 10.3. The average molecular weight is 237 g/mol. The van der Waals surface area contributed by atoms with Crippen molar-refractivity contribution in [2.24, 2.45) is 7.05 Å². The van der Waals surface area contributed by atoms with E-state index in [9.17, 15) is 4.79 Å². The smallest absolute Gasteiger partial charge is 0.378 e. The molecule has 0 saturated heterocycles. The maximum absolute atomic E-state index is 11.4. The molecular weight excluding hydrogens is 226 g/mol. The van der Waals surface area contributed by atoms with Gasteiger partial charge in [0.1, 0.15) is 6.33 Å². The molecule has 16 heavy (non-hydrogen) atoms. The Hall–Kier alpha value is -1.69. The number of aryl methyl sites for hydroxylation is 1. The number of ether oxygens (including phenoxy) is 1. The summed E-state index contributed by atoms with van der Waals surface area (Å²) in [6, 6.07) is 3.99. The zero-order valence-corrected chi connectivity index (χ0v) is 9.61. The van der Waals surface area contributed by atoms with Gasteiger partial charge in [-0.3, -0.25) is 4.68 Å². The van der Waals surface area contributed by atoms with Crippen LogP contribution in [0.4, 0.5) is 0 Å². The summed E-state index contributed by atoms with van der Waals surface area (Å²) < 4.78 is 6.51. The quantitative estimate of drug-likeness (QED) is 0.751. The van der Waals surface area contributed by atoms with Crippen LogP contribution in [0.2, 0.25) is 0 Å². The second kappa shape index (κ2) is 4.89. The molecule has 0 fully saturated rings. The first-order chi connectivity index (χ1) is 7.75. The Kier molecular flexibility index (Phi) is 3.31. The van der Waals surface area contributed by atoms with Gasteiger partial charge in [0.15, 0.2) is 0 Å². The molecule has 84 valence electrons. The van der Waals surface area contributed by atoms with Gasteiger partial charge in [-0.15, -0.1) is 16.4 Å². The molecule has 0 aliphatic heterocycles. The Morgan fingerprint density at radius 2 is 2.50 bits per heavy atom. The first kappa shape index (κ1) is 10.8. The average Bonchev–Trinajstić information content (AvgIpc) is 2.89. The van der Waals surface area contributed by atoms with E-state index in [-0.39, 0.29) is 5.82 Å². The first-order valence-electron chi connectivity index (χ1n) is 4.81. The fraction of sp³-hybridized carbons (Fsp3) is 0.300. The topological polar surface area (TPSA) is 57.0 Å². The van der Waals surface area contributed by atoms with Gasteiger partial charge in [0, 0.05) is 18.3 Å². The predicted octanol–water partition coefficient (Wildman–Crippen LogP) is 1.28. The van der Waals surface area contributed by atoms with Crippen LogP contribution < -0.4 is 0 Å². The maximum Gasteiger partial charge on any atom is 0.378 e. The summed E-state index contributed by atoms with van der Waals surface area (Å²) >= 11 is 1.65. The highest BCUT2D eigenvalue weighted by Crippen LogP contribution is 2.09. The molecule has 0 N–H and O–H groups in total. The molecule has 0 radical (unpaired) electrons. The number of carbonyl (C=O) groups is 1. The summed E-state index contributed by atoms with van der Waals surface area (Å²) in [4.78, 5) is 16.4. The zero-order valence-electron chi connectivity index (χ0n) is 8.79. The summed E-state index contributed by atoms with van der Waals surface area (Å²) in [5.74, 6) is -0.370. The van der Waals surface area contributed by atoms with Crippen LogP contribution in [-0.4, -0.2) is 27.3 Å². The van der Waals surface area contributed by atoms with Gasteiger partial charge in [-0.25, -0.2) is 9.78 Å². The van der Waals surface area contributed by atoms with Crippen molar-refractivity contribution in [1.29, 1.82) is 0 Å². The van der Waals surface area contributed by atoms with Gasteiger partial charge >= 0.3 is 5.97 Å². The number of nitrogens with zero attached hydrogens (tertiary/aromatic N) is 3. The number of carbonyl (C=O) groups excluding carboxylic acids is 1. The minimum Gasteiger partial charge on any atom is -0.459 e. The van der Waals surface area contributed by atoms with E-state index in [0.717, 1.165) is 6.42 Å². The van der Waals surface area contributed by atoms with Crippen molar-refractivity contribution in [3.8, 4) is 0 Å². The van der Waals surface area contributed by atoms with Crippen molar-refractivity contribution in [2.45, 2.75) is 6.42 Å². The Morgan fingerprint density at radius 3 is 3.12 bits per heavy atom. The van der Waals surface area contributed by atoms with E-state index in [2.05, 4.69) is 10.1 Å². The molecule has 2 heterocycles. The third-order valence-corrected chi connectivity index (χ3v) is 2.88. The van der Waals surface area contributed by atoms with Crippen molar-refractivity contribution in [3.63, 3.8) is 0 Å². The van der Waals surface area contributed by atoms with Gasteiger partial charge < -0.3 is 4.74 Å². The van der Waals surface area contributed by atoms with E-state index < -0.39 is 5.97 Å². The molecule has 0 atom stereocenters. The molecule has 2 aromatic heterocycles. The van der Waals surface area contributed by atoms with Crippen molar-refractivity contribution in [2.75, 3.05) is 6.61 Å². The van der Waals surface area contributed by atoms with E-state index >= 15 is 0 Å². The number of hydrogen-bond donors (Lipinski definition) is 0. The molecule has 0 aromatic carbocycles. The third-order valence-electron chi connectivity index (χ3n) is 1.94. The summed E-state index contributed by atoms with van der Waals surface area (Å²) in [5, 5.41) is 5.86. The van der Waals surface area contributed by atoms with Crippen LogP contribution in [0.5, 0.6) is 0 Å². The zero-order chi connectivity index (χ0) is 11.4. The second-order valence-corrected chi connectivity index (χ2v) is 4.24. The summed E-state index contributed by atoms with van der Waals surface area (Å²) in [6.45, 7) is 0.359. The standard InChI is InChI=1S/C10H11N3O2S/c1-13-7-11-9(12-13)10(14)15-5-4-8-3-2-6-16-8/h2-3,6-7H,4-5H2,1H3. The minimum atomic E-state index is -0.475. The lowest BCUT2D eigenvalue weighted by Gasteiger charge is -2.00. The maximum atomic E-state index is 11.4. The highest BCUT2D eigenvalue weighted by atomic mass is 32.1. The molecule has 0 aliphatic rings. The third kappa shape index (κ3) is 2.66. The molecule has 5 nitrogen and oxygen atoms in total. The molecule has 2 rings (SSSR count). The Morgan fingerprint density at radius 1 is 1.62 bits per heavy atom. The Bertz CT molecular complexity index is 464. The molecule has 0 spiro atoms. The Labute approximate surface area is 96.7 Å². The lowest BCUT2D eigenvalue weighted by Crippen LogP contribution is -2.10. The number of esters is 1. The lowest BCUT2D eigenvalue weighted by atomic mass is 10.4. The van der Waals surface area contributed by atoms with E-state index in [1.54, 1.807) is 18.4 Å². The fourth-order valence-corrected chi connectivity index (χ4v) is 1.89.